The highest BCUT2D eigenvalue weighted by molar-refractivity contribution is 5.87. The van der Waals surface area contributed by atoms with Crippen LogP contribution in [-0.2, 0) is 24.1 Å². The number of carbonyl (C=O) groups excluding carboxylic acids is 1. The minimum atomic E-state index is -4.61. The van der Waals surface area contributed by atoms with Gasteiger partial charge in [-0.1, -0.05) is 6.07 Å². The number of piperidine rings is 1. The largest absolute Gasteiger partial charge is 0.416 e. The van der Waals surface area contributed by atoms with E-state index in [9.17, 15) is 27.5 Å². The second-order valence-corrected chi connectivity index (χ2v) is 9.27. The summed E-state index contributed by atoms with van der Waals surface area (Å²) in [6.45, 7) is 5.92. The third-order valence-corrected chi connectivity index (χ3v) is 6.64. The van der Waals surface area contributed by atoms with Gasteiger partial charge in [0.1, 0.15) is 29.4 Å². The number of nitrogens with zero attached hydrogens (tertiary/aromatic N) is 5. The maximum atomic E-state index is 14.5. The summed E-state index contributed by atoms with van der Waals surface area (Å²) in [7, 11) is 0. The number of likely N-dealkylation sites (tertiary alicyclic amines) is 1. The maximum absolute atomic E-state index is 14.5. The minimum Gasteiger partial charge on any atom is -0.391 e. The van der Waals surface area contributed by atoms with Gasteiger partial charge in [0.15, 0.2) is 0 Å². The van der Waals surface area contributed by atoms with Gasteiger partial charge in [0.05, 0.1) is 23.6 Å². The lowest BCUT2D eigenvalue weighted by Crippen LogP contribution is -2.46. The molecule has 1 saturated heterocycles. The van der Waals surface area contributed by atoms with Crippen molar-refractivity contribution < 1.29 is 27.5 Å². The Kier molecular flexibility index (Phi) is 7.60. The molecular formula is C25H29F4N5O2. The molecule has 1 N–H and O–H groups in total. The summed E-state index contributed by atoms with van der Waals surface area (Å²) >= 11 is 0. The number of aliphatic hydroxyl groups is 1. The molecule has 0 aliphatic carbocycles. The van der Waals surface area contributed by atoms with Gasteiger partial charge in [0, 0.05) is 43.9 Å². The normalized spacial score (nSPS) is 19.1. The predicted octanol–water partition coefficient (Wildman–Crippen LogP) is 3.89. The molecule has 11 heteroatoms. The first-order valence-electron chi connectivity index (χ1n) is 11.9. The molecule has 1 fully saturated rings. The van der Waals surface area contributed by atoms with E-state index < -0.39 is 23.7 Å². The van der Waals surface area contributed by atoms with Crippen LogP contribution in [0.1, 0.15) is 31.4 Å². The molecule has 0 radical (unpaired) electrons. The number of β-amino-alcohol motifs (C(OH)–C–C–N with tert-alkyl or cyclic N) is 1. The Labute approximate surface area is 206 Å². The van der Waals surface area contributed by atoms with E-state index in [0.29, 0.717) is 43.7 Å². The molecule has 1 aromatic carbocycles. The third kappa shape index (κ3) is 5.67. The number of hydrogen-bond acceptors (Lipinski definition) is 6. The number of fused-ring (bicyclic) bond motifs is 1. The summed E-state index contributed by atoms with van der Waals surface area (Å²) < 4.78 is 55.2. The van der Waals surface area contributed by atoms with Crippen molar-refractivity contribution in [1.82, 2.24) is 19.4 Å². The van der Waals surface area contributed by atoms with Gasteiger partial charge >= 0.3 is 6.18 Å². The van der Waals surface area contributed by atoms with Crippen LogP contribution in [0.5, 0.6) is 0 Å². The Morgan fingerprint density at radius 2 is 2.03 bits per heavy atom. The summed E-state index contributed by atoms with van der Waals surface area (Å²) in [6, 6.07) is 4.41. The number of Topliss-reactive ketones (excluding diaryl/α,β-unsaturated/α-hetero) is 1. The highest BCUT2D eigenvalue weighted by Crippen LogP contribution is 2.32. The molecule has 1 aliphatic heterocycles. The van der Waals surface area contributed by atoms with Crippen LogP contribution in [0.2, 0.25) is 0 Å². The number of aliphatic hydroxyl groups excluding tert-OH is 1. The molecule has 0 bridgehead atoms. The fourth-order valence-corrected chi connectivity index (χ4v) is 4.75. The lowest BCUT2D eigenvalue weighted by atomic mass is 9.93. The molecule has 3 heterocycles. The second kappa shape index (κ2) is 10.5. The summed E-state index contributed by atoms with van der Waals surface area (Å²) in [5.74, 6) is -0.308. The number of halogens is 4. The average Bonchev–Trinajstić information content (AvgIpc) is 3.22. The van der Waals surface area contributed by atoms with Gasteiger partial charge in [0.25, 0.3) is 0 Å². The smallest absolute Gasteiger partial charge is 0.391 e. The quantitative estimate of drug-likeness (QED) is 0.467. The van der Waals surface area contributed by atoms with Crippen molar-refractivity contribution >= 4 is 22.6 Å². The molecule has 3 aromatic rings. The van der Waals surface area contributed by atoms with Crippen LogP contribution in [0, 0.1) is 11.7 Å². The van der Waals surface area contributed by atoms with Gasteiger partial charge < -0.3 is 14.6 Å². The number of carbonyl (C=O) groups is 1. The molecule has 0 amide bonds. The maximum Gasteiger partial charge on any atom is 0.416 e. The number of ketones is 1. The first kappa shape index (κ1) is 26.0. The number of hydrogen-bond donors (Lipinski definition) is 1. The Morgan fingerprint density at radius 3 is 2.67 bits per heavy atom. The standard InChI is InChI=1S/C25H29F4N5O2/c1-3-33(12-17-4-5-19(10-21(17)26)25(27,28)29)23-20-7-9-34(24(20)31-15-30-23)13-18-6-8-32(11-16(2)35)14-22(18)36/h4-5,7,9-10,15,18,22,36H,3,6,8,11-14H2,1-2H3/t18-,22+/m1/s1. The van der Waals surface area contributed by atoms with Gasteiger partial charge in [0.2, 0.25) is 0 Å². The van der Waals surface area contributed by atoms with Gasteiger partial charge in [-0.2, -0.15) is 13.2 Å². The van der Waals surface area contributed by atoms with Crippen LogP contribution in [0.3, 0.4) is 0 Å². The van der Waals surface area contributed by atoms with Gasteiger partial charge in [-0.3, -0.25) is 9.69 Å². The molecule has 7 nitrogen and oxygen atoms in total. The van der Waals surface area contributed by atoms with E-state index in [4.69, 9.17) is 0 Å². The molecule has 4 rings (SSSR count). The van der Waals surface area contributed by atoms with Crippen LogP contribution in [-0.4, -0.2) is 62.6 Å². The molecule has 0 unspecified atom stereocenters. The van der Waals surface area contributed by atoms with Crippen LogP contribution in [0.4, 0.5) is 23.4 Å². The van der Waals surface area contributed by atoms with E-state index in [-0.39, 0.29) is 23.8 Å². The minimum absolute atomic E-state index is 0.00857. The van der Waals surface area contributed by atoms with Gasteiger partial charge in [-0.15, -0.1) is 0 Å². The summed E-state index contributed by atoms with van der Waals surface area (Å²) in [5.41, 5.74) is -0.233. The molecular weight excluding hydrogens is 478 g/mol. The zero-order valence-corrected chi connectivity index (χ0v) is 20.2. The van der Waals surface area contributed by atoms with E-state index >= 15 is 0 Å². The molecule has 2 atom stereocenters. The monoisotopic (exact) mass is 507 g/mol. The van der Waals surface area contributed by atoms with E-state index in [0.717, 1.165) is 30.5 Å². The summed E-state index contributed by atoms with van der Waals surface area (Å²) in [5, 5.41) is 11.4. The highest BCUT2D eigenvalue weighted by atomic mass is 19.4. The first-order chi connectivity index (χ1) is 17.1. The zero-order chi connectivity index (χ0) is 26.0. The van der Waals surface area contributed by atoms with Crippen LogP contribution < -0.4 is 4.90 Å². The fourth-order valence-electron chi connectivity index (χ4n) is 4.75. The fraction of sp³-hybridized carbons (Fsp3) is 0.480. The van der Waals surface area contributed by atoms with E-state index in [2.05, 4.69) is 9.97 Å². The van der Waals surface area contributed by atoms with E-state index in [1.807, 2.05) is 28.7 Å². The van der Waals surface area contributed by atoms with Crippen molar-refractivity contribution in [2.75, 3.05) is 31.1 Å². The summed E-state index contributed by atoms with van der Waals surface area (Å²) in [4.78, 5) is 23.9. The zero-order valence-electron chi connectivity index (χ0n) is 20.2. The SMILES string of the molecule is CCN(Cc1ccc(C(F)(F)F)cc1F)c1ncnc2c1ccn2C[C@H]1CCN(CC(C)=O)C[C@@H]1O. The van der Waals surface area contributed by atoms with Crippen molar-refractivity contribution in [3.05, 3.63) is 53.7 Å². The second-order valence-electron chi connectivity index (χ2n) is 9.27. The number of rotatable bonds is 8. The molecule has 1 aliphatic rings. The number of benzene rings is 1. The number of anilines is 1. The third-order valence-electron chi connectivity index (χ3n) is 6.64. The topological polar surface area (TPSA) is 74.5 Å². The van der Waals surface area contributed by atoms with Crippen molar-refractivity contribution in [3.8, 4) is 0 Å². The number of aromatic nitrogens is 3. The lowest BCUT2D eigenvalue weighted by Gasteiger charge is -2.35. The van der Waals surface area contributed by atoms with Crippen LogP contribution in [0.15, 0.2) is 36.8 Å². The Balaban J connectivity index is 1.53. The van der Waals surface area contributed by atoms with Crippen molar-refractivity contribution in [2.24, 2.45) is 5.92 Å². The van der Waals surface area contributed by atoms with Crippen molar-refractivity contribution in [3.63, 3.8) is 0 Å². The molecule has 194 valence electrons. The lowest BCUT2D eigenvalue weighted by molar-refractivity contribution is -0.137. The van der Waals surface area contributed by atoms with Gasteiger partial charge in [-0.25, -0.2) is 14.4 Å². The van der Waals surface area contributed by atoms with E-state index in [1.165, 1.54) is 13.3 Å². The Bertz CT molecular complexity index is 1230. The molecule has 0 spiro atoms. The van der Waals surface area contributed by atoms with Crippen LogP contribution in [0.25, 0.3) is 11.0 Å². The van der Waals surface area contributed by atoms with Crippen molar-refractivity contribution in [2.45, 2.75) is 45.6 Å². The number of alkyl halides is 3. The summed E-state index contributed by atoms with van der Waals surface area (Å²) in [6.07, 6.45) is -1.18. The predicted molar refractivity (Wildman–Crippen MR) is 127 cm³/mol. The van der Waals surface area contributed by atoms with E-state index in [1.54, 1.807) is 4.90 Å². The molecule has 0 saturated carbocycles. The van der Waals surface area contributed by atoms with Crippen molar-refractivity contribution in [1.29, 1.82) is 0 Å². The highest BCUT2D eigenvalue weighted by Gasteiger charge is 2.32. The average molecular weight is 508 g/mol. The first-order valence-corrected chi connectivity index (χ1v) is 11.9. The Morgan fingerprint density at radius 1 is 1.25 bits per heavy atom. The van der Waals surface area contributed by atoms with Gasteiger partial charge in [-0.05, 0) is 45.0 Å². The molecule has 2 aromatic heterocycles. The Hall–Kier alpha value is -3.05. The molecule has 36 heavy (non-hydrogen) atoms. The van der Waals surface area contributed by atoms with Crippen LogP contribution >= 0.6 is 0 Å².